The van der Waals surface area contributed by atoms with Crippen molar-refractivity contribution >= 4 is 27.3 Å². The lowest BCUT2D eigenvalue weighted by atomic mass is 10.2. The van der Waals surface area contributed by atoms with Crippen LogP contribution in [-0.4, -0.2) is 67.0 Å². The quantitative estimate of drug-likeness (QED) is 0.526. The lowest BCUT2D eigenvalue weighted by Crippen LogP contribution is -2.48. The van der Waals surface area contributed by atoms with E-state index in [9.17, 15) is 17.6 Å². The molecule has 0 atom stereocenters. The largest absolute Gasteiger partial charge is 0.340 e. The van der Waals surface area contributed by atoms with Gasteiger partial charge >= 0.3 is 0 Å². The molecule has 4 rings (SSSR count). The van der Waals surface area contributed by atoms with Crippen molar-refractivity contribution in [1.29, 1.82) is 0 Å². The maximum absolute atomic E-state index is 13.0. The Hall–Kier alpha value is -2.67. The van der Waals surface area contributed by atoms with Crippen molar-refractivity contribution in [2.45, 2.75) is 17.9 Å². The zero-order chi connectivity index (χ0) is 22.6. The minimum Gasteiger partial charge on any atom is -0.340 e. The monoisotopic (exact) mass is 479 g/mol. The molecule has 3 aromatic rings. The molecule has 12 heteroatoms. The van der Waals surface area contributed by atoms with Gasteiger partial charge in [0.2, 0.25) is 27.6 Å². The second-order valence-corrected chi connectivity index (χ2v) is 9.83. The molecule has 1 amide bonds. The lowest BCUT2D eigenvalue weighted by Gasteiger charge is -2.34. The summed E-state index contributed by atoms with van der Waals surface area (Å²) in [6, 6.07) is 6.47. The molecule has 0 spiro atoms. The van der Waals surface area contributed by atoms with Gasteiger partial charge in [0, 0.05) is 50.1 Å². The van der Waals surface area contributed by atoms with E-state index in [-0.39, 0.29) is 23.8 Å². The molecule has 32 heavy (non-hydrogen) atoms. The number of hydrogen-bond donors (Lipinski definition) is 1. The van der Waals surface area contributed by atoms with E-state index in [1.165, 1.54) is 12.1 Å². The van der Waals surface area contributed by atoms with Gasteiger partial charge in [0.1, 0.15) is 5.82 Å². The van der Waals surface area contributed by atoms with Crippen molar-refractivity contribution in [2.24, 2.45) is 0 Å². The fraction of sp³-hybridized carbons (Fsp3) is 0.350. The highest BCUT2D eigenvalue weighted by molar-refractivity contribution is 7.89. The number of carbonyl (C=O) groups excluding carboxylic acids is 1. The zero-order valence-corrected chi connectivity index (χ0v) is 18.7. The first-order chi connectivity index (χ1) is 15.4. The topological polar surface area (TPSA) is 109 Å². The molecule has 2 aromatic heterocycles. The van der Waals surface area contributed by atoms with E-state index >= 15 is 0 Å². The van der Waals surface area contributed by atoms with Gasteiger partial charge in [-0.25, -0.2) is 17.5 Å². The van der Waals surface area contributed by atoms with Crippen molar-refractivity contribution in [3.63, 3.8) is 0 Å². The molecule has 1 N–H and O–H groups in total. The molecule has 0 bridgehead atoms. The number of thiophene rings is 1. The van der Waals surface area contributed by atoms with Gasteiger partial charge in [-0.1, -0.05) is 5.16 Å². The van der Waals surface area contributed by atoms with E-state index in [2.05, 4.69) is 19.8 Å². The number of aromatic nitrogens is 2. The predicted molar refractivity (Wildman–Crippen MR) is 116 cm³/mol. The number of nitrogens with zero attached hydrogens (tertiary/aromatic N) is 4. The number of benzene rings is 1. The van der Waals surface area contributed by atoms with E-state index in [0.717, 1.165) is 17.7 Å². The van der Waals surface area contributed by atoms with Crippen LogP contribution in [0.2, 0.25) is 0 Å². The van der Waals surface area contributed by atoms with Gasteiger partial charge in [0.15, 0.2) is 0 Å². The molecule has 0 radical (unpaired) electrons. The van der Waals surface area contributed by atoms with Crippen LogP contribution >= 0.6 is 11.3 Å². The van der Waals surface area contributed by atoms with Gasteiger partial charge < -0.3 is 9.42 Å². The van der Waals surface area contributed by atoms with Crippen LogP contribution in [0, 0.1) is 5.82 Å². The van der Waals surface area contributed by atoms with E-state index < -0.39 is 15.8 Å². The predicted octanol–water partition coefficient (Wildman–Crippen LogP) is 1.95. The highest BCUT2D eigenvalue weighted by atomic mass is 32.2. The van der Waals surface area contributed by atoms with Crippen molar-refractivity contribution < 1.29 is 22.1 Å². The third-order valence-electron chi connectivity index (χ3n) is 5.09. The Labute approximate surface area is 188 Å². The highest BCUT2D eigenvalue weighted by Crippen LogP contribution is 2.19. The summed E-state index contributed by atoms with van der Waals surface area (Å²) in [6.45, 7) is 2.87. The van der Waals surface area contributed by atoms with Crippen LogP contribution in [0.3, 0.4) is 0 Å². The van der Waals surface area contributed by atoms with Gasteiger partial charge in [-0.05, 0) is 35.7 Å². The molecular weight excluding hydrogens is 457 g/mol. The smallest absolute Gasteiger partial charge is 0.241 e. The number of carbonyl (C=O) groups is 1. The fourth-order valence-electron chi connectivity index (χ4n) is 3.32. The number of sulfonamides is 1. The zero-order valence-electron chi connectivity index (χ0n) is 17.1. The average Bonchev–Trinajstić information content (AvgIpc) is 3.46. The molecule has 1 fully saturated rings. The summed E-state index contributed by atoms with van der Waals surface area (Å²) in [4.78, 5) is 20.7. The van der Waals surface area contributed by atoms with E-state index in [4.69, 9.17) is 4.52 Å². The highest BCUT2D eigenvalue weighted by Gasteiger charge is 2.23. The summed E-state index contributed by atoms with van der Waals surface area (Å²) in [6.07, 6.45) is 0.0497. The number of hydrogen-bond acceptors (Lipinski definition) is 8. The Balaban J connectivity index is 1.20. The molecule has 1 aliphatic heterocycles. The molecule has 0 saturated carbocycles. The van der Waals surface area contributed by atoms with E-state index in [1.807, 2.05) is 16.8 Å². The first-order valence-corrected chi connectivity index (χ1v) is 12.4. The van der Waals surface area contributed by atoms with E-state index in [1.54, 1.807) is 16.2 Å². The molecule has 0 unspecified atom stereocenters. The normalized spacial score (nSPS) is 15.2. The summed E-state index contributed by atoms with van der Waals surface area (Å²) in [5.41, 5.74) is 0.926. The van der Waals surface area contributed by atoms with Gasteiger partial charge in [-0.2, -0.15) is 16.3 Å². The van der Waals surface area contributed by atoms with Gasteiger partial charge in [-0.15, -0.1) is 0 Å². The first kappa shape index (κ1) is 22.5. The molecule has 1 saturated heterocycles. The van der Waals surface area contributed by atoms with Crippen LogP contribution in [0.25, 0.3) is 11.4 Å². The molecule has 9 nitrogen and oxygen atoms in total. The SMILES string of the molecule is O=C(CCNS(=O)(=O)c1ccc(F)cc1)N1CCN(Cc2nc(-c3ccsc3)no2)CC1. The number of halogens is 1. The summed E-state index contributed by atoms with van der Waals surface area (Å²) < 4.78 is 45.1. The fourth-order valence-corrected chi connectivity index (χ4v) is 4.99. The van der Waals surface area contributed by atoms with Crippen LogP contribution in [0.1, 0.15) is 12.3 Å². The summed E-state index contributed by atoms with van der Waals surface area (Å²) in [5, 5.41) is 7.91. The molecular formula is C20H22FN5O4S2. The second-order valence-electron chi connectivity index (χ2n) is 7.28. The third kappa shape index (κ3) is 5.57. The van der Waals surface area contributed by atoms with Crippen LogP contribution in [0.5, 0.6) is 0 Å². The van der Waals surface area contributed by atoms with Gasteiger partial charge in [-0.3, -0.25) is 9.69 Å². The number of rotatable bonds is 8. The van der Waals surface area contributed by atoms with Crippen LogP contribution in [0.4, 0.5) is 4.39 Å². The Morgan fingerprint density at radius 2 is 1.91 bits per heavy atom. The average molecular weight is 480 g/mol. The van der Waals surface area contributed by atoms with E-state index in [0.29, 0.717) is 44.4 Å². The maximum Gasteiger partial charge on any atom is 0.241 e. The third-order valence-corrected chi connectivity index (χ3v) is 7.25. The molecule has 170 valence electrons. The molecule has 1 aromatic carbocycles. The minimum absolute atomic E-state index is 0.0217. The summed E-state index contributed by atoms with van der Waals surface area (Å²) in [7, 11) is -3.78. The van der Waals surface area contributed by atoms with Crippen LogP contribution in [0.15, 0.2) is 50.5 Å². The maximum atomic E-state index is 13.0. The Morgan fingerprint density at radius 3 is 2.59 bits per heavy atom. The van der Waals surface area contributed by atoms with Crippen molar-refractivity contribution in [3.8, 4) is 11.4 Å². The molecule has 0 aliphatic carbocycles. The van der Waals surface area contributed by atoms with Crippen LogP contribution < -0.4 is 4.72 Å². The minimum atomic E-state index is -3.78. The number of piperazine rings is 1. The van der Waals surface area contributed by atoms with Gasteiger partial charge in [0.25, 0.3) is 0 Å². The van der Waals surface area contributed by atoms with Crippen molar-refractivity contribution in [1.82, 2.24) is 24.7 Å². The summed E-state index contributed by atoms with van der Waals surface area (Å²) >= 11 is 1.57. The lowest BCUT2D eigenvalue weighted by molar-refractivity contribution is -0.132. The second kappa shape index (κ2) is 9.86. The first-order valence-electron chi connectivity index (χ1n) is 10.0. The Morgan fingerprint density at radius 1 is 1.16 bits per heavy atom. The number of nitrogens with one attached hydrogen (secondary N) is 1. The van der Waals surface area contributed by atoms with Crippen LogP contribution in [-0.2, 0) is 21.4 Å². The number of amides is 1. The van der Waals surface area contributed by atoms with Gasteiger partial charge in [0.05, 0.1) is 11.4 Å². The Kier molecular flexibility index (Phi) is 6.94. The summed E-state index contributed by atoms with van der Waals surface area (Å²) in [5.74, 6) is 0.462. The van der Waals surface area contributed by atoms with Crippen molar-refractivity contribution in [2.75, 3.05) is 32.7 Å². The molecule has 1 aliphatic rings. The van der Waals surface area contributed by atoms with Crippen molar-refractivity contribution in [3.05, 3.63) is 52.8 Å². The molecule has 3 heterocycles. The Bertz CT molecular complexity index is 1140. The standard InChI is InChI=1S/C20H22FN5O4S2/c21-16-1-3-17(4-2-16)32(28,29)22-7-5-19(27)26-10-8-25(9-11-26)13-18-23-20(24-30-18)15-6-12-31-14-15/h1-4,6,12,14,22H,5,7-11,13H2.